The van der Waals surface area contributed by atoms with Gasteiger partial charge in [-0.25, -0.2) is 0 Å². The average Bonchev–Trinajstić information content (AvgIpc) is 2.22. The molecule has 0 saturated carbocycles. The van der Waals surface area contributed by atoms with Gasteiger partial charge in [0.1, 0.15) is 0 Å². The van der Waals surface area contributed by atoms with Crippen molar-refractivity contribution in [3.63, 3.8) is 0 Å². The fraction of sp³-hybridized carbons (Fsp3) is 1.00. The summed E-state index contributed by atoms with van der Waals surface area (Å²) in [5, 5.41) is 3.43. The minimum atomic E-state index is 0.530. The van der Waals surface area contributed by atoms with Crippen LogP contribution >= 0.6 is 0 Å². The van der Waals surface area contributed by atoms with Gasteiger partial charge in [0, 0.05) is 0 Å². The number of piperidine rings is 1. The molecule has 0 radical (unpaired) electrons. The van der Waals surface area contributed by atoms with Gasteiger partial charge in [-0.3, -0.25) is 0 Å². The van der Waals surface area contributed by atoms with E-state index in [1.54, 1.807) is 0 Å². The van der Waals surface area contributed by atoms with Crippen LogP contribution in [0.3, 0.4) is 0 Å². The first-order valence-corrected chi connectivity index (χ1v) is 6.26. The van der Waals surface area contributed by atoms with Crippen LogP contribution in [0.2, 0.25) is 0 Å². The van der Waals surface area contributed by atoms with Gasteiger partial charge in [-0.1, -0.05) is 41.5 Å². The highest BCUT2D eigenvalue weighted by Crippen LogP contribution is 2.39. The number of rotatable bonds is 2. The van der Waals surface area contributed by atoms with Crippen LogP contribution in [0, 0.1) is 17.3 Å². The molecule has 86 valence electrons. The minimum absolute atomic E-state index is 0.530. The second kappa shape index (κ2) is 6.44. The molecule has 1 heteroatoms. The fourth-order valence-electron chi connectivity index (χ4n) is 2.04. The van der Waals surface area contributed by atoms with E-state index < -0.39 is 0 Å². The lowest BCUT2D eigenvalue weighted by molar-refractivity contribution is 0.108. The first-order chi connectivity index (χ1) is 6.55. The van der Waals surface area contributed by atoms with E-state index in [0.717, 1.165) is 11.8 Å². The van der Waals surface area contributed by atoms with Gasteiger partial charge < -0.3 is 5.32 Å². The lowest BCUT2D eigenvalue weighted by atomic mass is 9.67. The molecule has 0 amide bonds. The number of hydrogen-bond acceptors (Lipinski definition) is 1. The highest BCUT2D eigenvalue weighted by molar-refractivity contribution is 4.84. The molecule has 1 heterocycles. The third kappa shape index (κ3) is 3.61. The molecule has 1 aliphatic rings. The molecule has 1 rings (SSSR count). The van der Waals surface area contributed by atoms with Gasteiger partial charge in [-0.2, -0.15) is 0 Å². The van der Waals surface area contributed by atoms with Gasteiger partial charge in [-0.15, -0.1) is 0 Å². The van der Waals surface area contributed by atoms with Gasteiger partial charge in [0.15, 0.2) is 0 Å². The van der Waals surface area contributed by atoms with Gasteiger partial charge in [0.2, 0.25) is 0 Å². The standard InChI is InChI=1S/C11H23N.C2H6/c1-9(2)11(3,4)10-5-7-12-8-6-10;1-2/h9-10,12H,5-8H2,1-4H3;1-2H3. The number of nitrogens with one attached hydrogen (secondary N) is 1. The summed E-state index contributed by atoms with van der Waals surface area (Å²) in [6, 6.07) is 0. The Bertz CT molecular complexity index is 132. The van der Waals surface area contributed by atoms with E-state index in [9.17, 15) is 0 Å². The van der Waals surface area contributed by atoms with E-state index in [4.69, 9.17) is 0 Å². The largest absolute Gasteiger partial charge is 0.317 e. The van der Waals surface area contributed by atoms with E-state index in [1.807, 2.05) is 13.8 Å². The van der Waals surface area contributed by atoms with Crippen molar-refractivity contribution in [2.24, 2.45) is 17.3 Å². The molecule has 0 aliphatic carbocycles. The zero-order chi connectivity index (χ0) is 11.2. The summed E-state index contributed by atoms with van der Waals surface area (Å²) in [5.41, 5.74) is 0.530. The summed E-state index contributed by atoms with van der Waals surface area (Å²) in [5.74, 6) is 1.74. The average molecular weight is 199 g/mol. The van der Waals surface area contributed by atoms with Crippen LogP contribution in [0.4, 0.5) is 0 Å². The Morgan fingerprint density at radius 2 is 1.50 bits per heavy atom. The summed E-state index contributed by atoms with van der Waals surface area (Å²) >= 11 is 0. The van der Waals surface area contributed by atoms with E-state index >= 15 is 0 Å². The lowest BCUT2D eigenvalue weighted by Crippen LogP contribution is -2.38. The van der Waals surface area contributed by atoms with E-state index in [0.29, 0.717) is 5.41 Å². The van der Waals surface area contributed by atoms with Gasteiger partial charge in [0.25, 0.3) is 0 Å². The summed E-state index contributed by atoms with van der Waals surface area (Å²) in [6.07, 6.45) is 2.73. The van der Waals surface area contributed by atoms with Crippen molar-refractivity contribution >= 4 is 0 Å². The molecule has 0 bridgehead atoms. The molecule has 1 fully saturated rings. The highest BCUT2D eigenvalue weighted by Gasteiger charge is 2.32. The first-order valence-electron chi connectivity index (χ1n) is 6.26. The normalized spacial score (nSPS) is 19.1. The molecule has 0 spiro atoms. The number of hydrogen-bond donors (Lipinski definition) is 1. The molecule has 1 saturated heterocycles. The third-order valence-corrected chi connectivity index (χ3v) is 3.88. The fourth-order valence-corrected chi connectivity index (χ4v) is 2.04. The minimum Gasteiger partial charge on any atom is -0.317 e. The molecule has 1 aliphatic heterocycles. The molecular formula is C13H29N. The third-order valence-electron chi connectivity index (χ3n) is 3.88. The summed E-state index contributed by atoms with van der Waals surface area (Å²) in [6.45, 7) is 16.0. The van der Waals surface area contributed by atoms with Gasteiger partial charge >= 0.3 is 0 Å². The van der Waals surface area contributed by atoms with Crippen molar-refractivity contribution in [1.82, 2.24) is 5.32 Å². The van der Waals surface area contributed by atoms with Crippen LogP contribution in [0.25, 0.3) is 0 Å². The predicted octanol–water partition coefficient (Wildman–Crippen LogP) is 3.69. The topological polar surface area (TPSA) is 12.0 Å². The Balaban J connectivity index is 0.000000791. The van der Waals surface area contributed by atoms with Crippen molar-refractivity contribution in [2.45, 2.75) is 54.4 Å². The monoisotopic (exact) mass is 199 g/mol. The van der Waals surface area contributed by atoms with Crippen molar-refractivity contribution in [2.75, 3.05) is 13.1 Å². The maximum atomic E-state index is 3.43. The zero-order valence-electron chi connectivity index (χ0n) is 11.0. The second-order valence-electron chi connectivity index (χ2n) is 5.00. The summed E-state index contributed by atoms with van der Waals surface area (Å²) < 4.78 is 0. The molecule has 0 aromatic heterocycles. The summed E-state index contributed by atoms with van der Waals surface area (Å²) in [4.78, 5) is 0. The van der Waals surface area contributed by atoms with Crippen LogP contribution in [-0.2, 0) is 0 Å². The van der Waals surface area contributed by atoms with Crippen molar-refractivity contribution < 1.29 is 0 Å². The van der Waals surface area contributed by atoms with E-state index in [-0.39, 0.29) is 0 Å². The van der Waals surface area contributed by atoms with Crippen LogP contribution in [0.1, 0.15) is 54.4 Å². The highest BCUT2D eigenvalue weighted by atomic mass is 14.9. The van der Waals surface area contributed by atoms with Crippen molar-refractivity contribution in [3.05, 3.63) is 0 Å². The van der Waals surface area contributed by atoms with Gasteiger partial charge in [-0.05, 0) is 43.2 Å². The van der Waals surface area contributed by atoms with Crippen molar-refractivity contribution in [1.29, 1.82) is 0 Å². The predicted molar refractivity (Wildman–Crippen MR) is 65.6 cm³/mol. The molecule has 1 N–H and O–H groups in total. The second-order valence-corrected chi connectivity index (χ2v) is 5.00. The Hall–Kier alpha value is -0.0400. The first kappa shape index (κ1) is 14.0. The Morgan fingerprint density at radius 3 is 1.86 bits per heavy atom. The SMILES string of the molecule is CC.CC(C)C(C)(C)C1CCNCC1. The Kier molecular flexibility index (Phi) is 6.43. The van der Waals surface area contributed by atoms with E-state index in [1.165, 1.54) is 25.9 Å². The quantitative estimate of drug-likeness (QED) is 0.715. The van der Waals surface area contributed by atoms with Crippen LogP contribution in [0.5, 0.6) is 0 Å². The molecule has 1 nitrogen and oxygen atoms in total. The molecular weight excluding hydrogens is 170 g/mol. The lowest BCUT2D eigenvalue weighted by Gasteiger charge is -2.40. The molecule has 14 heavy (non-hydrogen) atoms. The molecule has 0 aromatic carbocycles. The van der Waals surface area contributed by atoms with E-state index in [2.05, 4.69) is 33.0 Å². The van der Waals surface area contributed by atoms with Crippen LogP contribution in [-0.4, -0.2) is 13.1 Å². The Morgan fingerprint density at radius 1 is 1.07 bits per heavy atom. The maximum Gasteiger partial charge on any atom is -0.00461 e. The zero-order valence-corrected chi connectivity index (χ0v) is 11.0. The smallest absolute Gasteiger partial charge is 0.00461 e. The Labute approximate surface area is 90.7 Å². The maximum absolute atomic E-state index is 3.43. The van der Waals surface area contributed by atoms with Crippen molar-refractivity contribution in [3.8, 4) is 0 Å². The van der Waals surface area contributed by atoms with Gasteiger partial charge in [0.05, 0.1) is 0 Å². The van der Waals surface area contributed by atoms with Crippen LogP contribution in [0.15, 0.2) is 0 Å². The molecule has 0 aromatic rings. The molecule has 0 unspecified atom stereocenters. The summed E-state index contributed by atoms with van der Waals surface area (Å²) in [7, 11) is 0. The molecule has 0 atom stereocenters. The van der Waals surface area contributed by atoms with Crippen LogP contribution < -0.4 is 5.32 Å².